The summed E-state index contributed by atoms with van der Waals surface area (Å²) in [7, 11) is -1.40. The van der Waals surface area contributed by atoms with E-state index in [1.165, 1.54) is 4.09 Å². The average Bonchev–Trinajstić information content (AvgIpc) is 3.39. The third kappa shape index (κ3) is 4.71. The zero-order chi connectivity index (χ0) is 25.8. The lowest BCUT2D eigenvalue weighted by Crippen LogP contribution is -2.58. The molecular formula is C23H27F5N4O3S. The SMILES string of the molecule is Cc1c2c(nn1S(=O)C1CCOCC1)CN(C1CC(N)[C@@H](c3cc(F)ccc3F)OC1C(F)(F)F)C2. The van der Waals surface area contributed by atoms with Crippen molar-refractivity contribution in [2.75, 3.05) is 13.2 Å². The van der Waals surface area contributed by atoms with Crippen LogP contribution in [0.2, 0.25) is 0 Å². The van der Waals surface area contributed by atoms with Crippen molar-refractivity contribution in [3.05, 3.63) is 52.3 Å². The van der Waals surface area contributed by atoms with E-state index in [4.69, 9.17) is 15.2 Å². The number of hydrogen-bond donors (Lipinski definition) is 1. The molecule has 0 amide bonds. The van der Waals surface area contributed by atoms with Gasteiger partial charge in [-0.15, -0.1) is 0 Å². The molecule has 3 aliphatic heterocycles. The zero-order valence-electron chi connectivity index (χ0n) is 19.5. The molecule has 1 aromatic carbocycles. The third-order valence-corrected chi connectivity index (χ3v) is 8.96. The molecule has 2 N–H and O–H groups in total. The van der Waals surface area contributed by atoms with Crippen LogP contribution in [0.1, 0.15) is 47.9 Å². The highest BCUT2D eigenvalue weighted by Crippen LogP contribution is 2.42. The lowest BCUT2D eigenvalue weighted by atomic mass is 9.89. The number of ether oxygens (including phenoxy) is 2. The van der Waals surface area contributed by atoms with Crippen LogP contribution in [0, 0.1) is 18.6 Å². The maximum absolute atomic E-state index is 14.3. The Kier molecular flexibility index (Phi) is 6.96. The van der Waals surface area contributed by atoms with Gasteiger partial charge in [-0.25, -0.2) is 13.0 Å². The van der Waals surface area contributed by atoms with Gasteiger partial charge in [0.15, 0.2) is 6.10 Å². The Hall–Kier alpha value is -1.93. The van der Waals surface area contributed by atoms with Gasteiger partial charge in [0.1, 0.15) is 28.7 Å². The minimum atomic E-state index is -4.76. The van der Waals surface area contributed by atoms with Crippen molar-refractivity contribution in [3.8, 4) is 0 Å². The van der Waals surface area contributed by atoms with Gasteiger partial charge < -0.3 is 15.2 Å². The highest BCUT2D eigenvalue weighted by Gasteiger charge is 2.54. The van der Waals surface area contributed by atoms with Crippen molar-refractivity contribution in [3.63, 3.8) is 0 Å². The number of alkyl halides is 3. The maximum atomic E-state index is 14.3. The van der Waals surface area contributed by atoms with Gasteiger partial charge in [-0.1, -0.05) is 0 Å². The largest absolute Gasteiger partial charge is 0.416 e. The first-order valence-corrected chi connectivity index (χ1v) is 12.9. The number of rotatable bonds is 4. The van der Waals surface area contributed by atoms with Gasteiger partial charge in [0.05, 0.1) is 16.6 Å². The molecule has 4 unspecified atom stereocenters. The summed E-state index contributed by atoms with van der Waals surface area (Å²) in [4.78, 5) is 1.60. The van der Waals surface area contributed by atoms with Crippen molar-refractivity contribution in [2.45, 2.75) is 75.0 Å². The van der Waals surface area contributed by atoms with Crippen LogP contribution < -0.4 is 5.73 Å². The van der Waals surface area contributed by atoms with E-state index < -0.39 is 53.1 Å². The fourth-order valence-electron chi connectivity index (χ4n) is 5.33. The molecule has 0 bridgehead atoms. The van der Waals surface area contributed by atoms with E-state index in [1.807, 2.05) is 0 Å². The summed E-state index contributed by atoms with van der Waals surface area (Å²) in [6, 6.07) is 0.426. The minimum absolute atomic E-state index is 0.0897. The number of fused-ring (bicyclic) bond motifs is 1. The molecule has 2 aromatic rings. The van der Waals surface area contributed by atoms with Crippen molar-refractivity contribution < 1.29 is 35.6 Å². The standard InChI is InChI=1S/C23H27F5N4O3S/c1-12-16-10-31(11-19(16)30-32(12)36(33)14-4-6-34-7-5-14)20-9-18(29)21(35-22(20)23(26,27)28)15-8-13(24)2-3-17(15)25/h2-3,8,14,18,20-22H,4-7,9-11,29H2,1H3/t18?,20?,21-,22?,36?/m1/s1. The van der Waals surface area contributed by atoms with E-state index >= 15 is 0 Å². The van der Waals surface area contributed by atoms with Gasteiger partial charge in [-0.3, -0.25) is 4.90 Å². The molecule has 7 nitrogen and oxygen atoms in total. The number of nitrogens with zero attached hydrogens (tertiary/aromatic N) is 3. The normalized spacial score (nSPS) is 28.9. The quantitative estimate of drug-likeness (QED) is 0.607. The van der Waals surface area contributed by atoms with Crippen molar-refractivity contribution in [1.82, 2.24) is 14.1 Å². The van der Waals surface area contributed by atoms with Crippen LogP contribution in [0.15, 0.2) is 18.2 Å². The lowest BCUT2D eigenvalue weighted by molar-refractivity contribution is -0.269. The van der Waals surface area contributed by atoms with Gasteiger partial charge in [0.25, 0.3) is 0 Å². The summed E-state index contributed by atoms with van der Waals surface area (Å²) in [5.41, 5.74) is 7.80. The fourth-order valence-corrected chi connectivity index (χ4v) is 6.77. The number of nitrogens with two attached hydrogens (primary N) is 1. The fraction of sp³-hybridized carbons (Fsp3) is 0.609. The molecule has 198 valence electrons. The average molecular weight is 535 g/mol. The smallest absolute Gasteiger partial charge is 0.381 e. The predicted molar refractivity (Wildman–Crippen MR) is 120 cm³/mol. The molecule has 36 heavy (non-hydrogen) atoms. The molecule has 2 saturated heterocycles. The second kappa shape index (κ2) is 9.75. The zero-order valence-corrected chi connectivity index (χ0v) is 20.3. The van der Waals surface area contributed by atoms with Crippen LogP contribution >= 0.6 is 0 Å². The lowest BCUT2D eigenvalue weighted by Gasteiger charge is -2.44. The summed E-state index contributed by atoms with van der Waals surface area (Å²) in [6.07, 6.45) is -7.28. The van der Waals surface area contributed by atoms with Crippen LogP contribution in [0.25, 0.3) is 0 Å². The molecule has 13 heteroatoms. The van der Waals surface area contributed by atoms with Gasteiger partial charge in [0, 0.05) is 49.5 Å². The van der Waals surface area contributed by atoms with Crippen LogP contribution in [0.5, 0.6) is 0 Å². The molecular weight excluding hydrogens is 507 g/mol. The second-order valence-corrected chi connectivity index (χ2v) is 11.1. The first kappa shape index (κ1) is 25.7. The third-order valence-electron chi connectivity index (χ3n) is 7.22. The second-order valence-electron chi connectivity index (χ2n) is 9.53. The molecule has 0 spiro atoms. The molecule has 5 rings (SSSR count). The first-order valence-electron chi connectivity index (χ1n) is 11.8. The van der Waals surface area contributed by atoms with E-state index in [1.54, 1.807) is 11.8 Å². The molecule has 5 atom stereocenters. The highest BCUT2D eigenvalue weighted by molar-refractivity contribution is 7.84. The van der Waals surface area contributed by atoms with Crippen molar-refractivity contribution in [2.24, 2.45) is 5.73 Å². The Labute approximate surface area is 207 Å². The summed E-state index contributed by atoms with van der Waals surface area (Å²) >= 11 is 0. The van der Waals surface area contributed by atoms with Crippen LogP contribution in [0.3, 0.4) is 0 Å². The number of halogens is 5. The Bertz CT molecular complexity index is 1150. The first-order chi connectivity index (χ1) is 17.0. The highest BCUT2D eigenvalue weighted by atomic mass is 32.2. The van der Waals surface area contributed by atoms with E-state index in [0.717, 1.165) is 23.8 Å². The number of benzene rings is 1. The topological polar surface area (TPSA) is 82.6 Å². The van der Waals surface area contributed by atoms with Gasteiger partial charge in [0.2, 0.25) is 0 Å². The summed E-state index contributed by atoms with van der Waals surface area (Å²) < 4.78 is 95.6. The summed E-state index contributed by atoms with van der Waals surface area (Å²) in [5.74, 6) is -1.66. The van der Waals surface area contributed by atoms with E-state index in [0.29, 0.717) is 37.4 Å². The van der Waals surface area contributed by atoms with Crippen LogP contribution in [0.4, 0.5) is 22.0 Å². The molecule has 0 saturated carbocycles. The monoisotopic (exact) mass is 534 g/mol. The Morgan fingerprint density at radius 3 is 2.56 bits per heavy atom. The number of hydrogen-bond acceptors (Lipinski definition) is 6. The van der Waals surface area contributed by atoms with E-state index in [9.17, 15) is 26.2 Å². The summed E-state index contributed by atoms with van der Waals surface area (Å²) in [6.45, 7) is 3.11. The molecule has 0 radical (unpaired) electrons. The number of aromatic nitrogens is 2. The van der Waals surface area contributed by atoms with Crippen LogP contribution in [-0.4, -0.2) is 61.1 Å². The van der Waals surface area contributed by atoms with Crippen LogP contribution in [-0.2, 0) is 33.5 Å². The molecule has 3 aliphatic rings. The Morgan fingerprint density at radius 1 is 1.17 bits per heavy atom. The predicted octanol–water partition coefficient (Wildman–Crippen LogP) is 3.26. The van der Waals surface area contributed by atoms with Gasteiger partial charge >= 0.3 is 6.18 Å². The Balaban J connectivity index is 1.36. The molecule has 2 fully saturated rings. The molecule has 4 heterocycles. The maximum Gasteiger partial charge on any atom is 0.416 e. The van der Waals surface area contributed by atoms with Gasteiger partial charge in [-0.05, 0) is 44.4 Å². The summed E-state index contributed by atoms with van der Waals surface area (Å²) in [5, 5.41) is 4.40. The van der Waals surface area contributed by atoms with Crippen molar-refractivity contribution >= 4 is 11.0 Å². The van der Waals surface area contributed by atoms with E-state index in [-0.39, 0.29) is 30.3 Å². The minimum Gasteiger partial charge on any atom is -0.381 e. The Morgan fingerprint density at radius 2 is 1.89 bits per heavy atom. The van der Waals surface area contributed by atoms with Gasteiger partial charge in [-0.2, -0.15) is 22.4 Å². The van der Waals surface area contributed by atoms with Crippen molar-refractivity contribution in [1.29, 1.82) is 0 Å². The molecule has 0 aliphatic carbocycles. The van der Waals surface area contributed by atoms with E-state index in [2.05, 4.69) is 5.10 Å². The molecule has 1 aromatic heterocycles.